The topological polar surface area (TPSA) is 76.6 Å². The summed E-state index contributed by atoms with van der Waals surface area (Å²) in [6, 6.07) is 15.2. The van der Waals surface area contributed by atoms with E-state index < -0.39 is 0 Å². The number of likely N-dealkylation sites (tertiary alicyclic amines) is 1. The van der Waals surface area contributed by atoms with Crippen LogP contribution in [0.1, 0.15) is 30.0 Å². The Bertz CT molecular complexity index is 1090. The van der Waals surface area contributed by atoms with Crippen molar-refractivity contribution in [2.75, 3.05) is 32.7 Å². The van der Waals surface area contributed by atoms with Gasteiger partial charge in [-0.3, -0.25) is 19.5 Å². The summed E-state index contributed by atoms with van der Waals surface area (Å²) in [4.78, 5) is 44.9. The number of carbonyl (C=O) groups is 2. The Kier molecular flexibility index (Phi) is 5.28. The first kappa shape index (κ1) is 19.9. The fourth-order valence-electron chi connectivity index (χ4n) is 5.29. The second-order valence-corrected chi connectivity index (χ2v) is 8.79. The minimum absolute atomic E-state index is 0.0465. The summed E-state index contributed by atoms with van der Waals surface area (Å²) in [5, 5.41) is 0. The van der Waals surface area contributed by atoms with E-state index in [0.717, 1.165) is 36.6 Å². The average molecular weight is 420 g/mol. The van der Waals surface area contributed by atoms with Gasteiger partial charge in [0.05, 0.1) is 12.1 Å². The van der Waals surface area contributed by atoms with Crippen molar-refractivity contribution >= 4 is 17.5 Å². The van der Waals surface area contributed by atoms with Crippen LogP contribution < -0.4 is 10.6 Å². The molecule has 7 nitrogen and oxygen atoms in total. The predicted octanol–water partition coefficient (Wildman–Crippen LogP) is -0.404. The lowest BCUT2D eigenvalue weighted by molar-refractivity contribution is -0.444. The molecule has 2 atom stereocenters. The molecule has 160 valence electrons. The molecular formula is C24H27N4O3+. The largest absolute Gasteiger partial charge is 0.317 e. The number of fused-ring (bicyclic) bond motifs is 4. The Balaban J connectivity index is 1.21. The van der Waals surface area contributed by atoms with Gasteiger partial charge in [0.2, 0.25) is 0 Å². The number of hydrogen-bond donors (Lipinski definition) is 1. The minimum atomic E-state index is -0.150. The highest BCUT2D eigenvalue weighted by Crippen LogP contribution is 2.34. The highest BCUT2D eigenvalue weighted by molar-refractivity contribution is 6.10. The molecule has 1 aromatic carbocycles. The first-order valence-electron chi connectivity index (χ1n) is 11.0. The predicted molar refractivity (Wildman–Crippen MR) is 116 cm³/mol. The molecule has 0 radical (unpaired) electrons. The van der Waals surface area contributed by atoms with Gasteiger partial charge in [0, 0.05) is 37.3 Å². The lowest BCUT2D eigenvalue weighted by atomic mass is 9.83. The molecule has 3 aliphatic rings. The summed E-state index contributed by atoms with van der Waals surface area (Å²) >= 11 is 0. The number of benzene rings is 1. The summed E-state index contributed by atoms with van der Waals surface area (Å²) in [6.07, 6.45) is 0.974. The van der Waals surface area contributed by atoms with Crippen LogP contribution in [0, 0.1) is 5.92 Å². The number of nitrogens with zero attached hydrogens (tertiary/aromatic N) is 3. The molecule has 1 N–H and O–H groups in total. The maximum absolute atomic E-state index is 12.9. The van der Waals surface area contributed by atoms with Gasteiger partial charge in [0.25, 0.3) is 11.4 Å². The molecular weight excluding hydrogens is 392 g/mol. The molecule has 1 saturated heterocycles. The fraction of sp³-hybridized carbons (Fsp3) is 0.417. The summed E-state index contributed by atoms with van der Waals surface area (Å²) in [5.74, 6) is 1.23. The molecule has 0 saturated carbocycles. The molecule has 1 amide bonds. The van der Waals surface area contributed by atoms with Crippen LogP contribution in [0.15, 0.2) is 53.3 Å². The van der Waals surface area contributed by atoms with E-state index in [1.54, 1.807) is 11.0 Å². The van der Waals surface area contributed by atoms with E-state index in [4.69, 9.17) is 0 Å². The van der Waals surface area contributed by atoms with Gasteiger partial charge in [0.1, 0.15) is 19.5 Å². The van der Waals surface area contributed by atoms with Gasteiger partial charge in [-0.1, -0.05) is 24.3 Å². The Hall–Kier alpha value is -3.06. The van der Waals surface area contributed by atoms with Crippen molar-refractivity contribution in [2.24, 2.45) is 5.92 Å². The summed E-state index contributed by atoms with van der Waals surface area (Å²) in [5.41, 5.74) is 2.09. The third-order valence-electron chi connectivity index (χ3n) is 6.55. The van der Waals surface area contributed by atoms with Crippen molar-refractivity contribution in [3.05, 3.63) is 70.1 Å². The average Bonchev–Trinajstić information content (AvgIpc) is 3.25. The number of carbonyl (C=O) groups excluding carboxylic acids is 2. The molecule has 1 fully saturated rings. The molecule has 1 aromatic heterocycles. The highest BCUT2D eigenvalue weighted by Gasteiger charge is 2.37. The molecule has 0 spiro atoms. The van der Waals surface area contributed by atoms with E-state index in [9.17, 15) is 14.4 Å². The van der Waals surface area contributed by atoms with Gasteiger partial charge in [-0.25, -0.2) is 4.79 Å². The van der Waals surface area contributed by atoms with Crippen molar-refractivity contribution in [1.82, 2.24) is 14.4 Å². The number of piperidine rings is 1. The normalized spacial score (nSPS) is 22.7. The summed E-state index contributed by atoms with van der Waals surface area (Å²) in [6.45, 7) is 3.83. The van der Waals surface area contributed by atoms with Crippen LogP contribution in [0.25, 0.3) is 0 Å². The van der Waals surface area contributed by atoms with Crippen molar-refractivity contribution in [3.63, 3.8) is 0 Å². The number of hydrogen-bond acceptors (Lipinski definition) is 4. The molecule has 2 bridgehead atoms. The lowest BCUT2D eigenvalue weighted by Gasteiger charge is -2.42. The molecule has 3 aliphatic heterocycles. The van der Waals surface area contributed by atoms with E-state index in [0.29, 0.717) is 25.6 Å². The highest BCUT2D eigenvalue weighted by atomic mass is 16.2. The first-order valence-corrected chi connectivity index (χ1v) is 11.0. The fourth-order valence-corrected chi connectivity index (χ4v) is 5.29. The number of aromatic nitrogens is 1. The van der Waals surface area contributed by atoms with Crippen LogP contribution in [-0.2, 0) is 16.1 Å². The van der Waals surface area contributed by atoms with Gasteiger partial charge in [-0.15, -0.1) is 0 Å². The number of amides is 1. The van der Waals surface area contributed by atoms with E-state index in [2.05, 4.69) is 9.89 Å². The van der Waals surface area contributed by atoms with Crippen LogP contribution in [0.2, 0.25) is 0 Å². The summed E-state index contributed by atoms with van der Waals surface area (Å²) < 4.78 is 1.89. The zero-order chi connectivity index (χ0) is 21.4. The van der Waals surface area contributed by atoms with Gasteiger partial charge >= 0.3 is 5.91 Å². The second-order valence-electron chi connectivity index (χ2n) is 8.79. The zero-order valence-electron chi connectivity index (χ0n) is 17.5. The molecule has 7 heteroatoms. The van der Waals surface area contributed by atoms with Crippen LogP contribution in [0.5, 0.6) is 0 Å². The molecule has 0 unspecified atom stereocenters. The standard InChI is InChI=1S/C24H26N4O3/c29-20(12-23(31)27-10-9-25-24(27)18-5-2-1-3-6-18)16-26-13-17-11-19(15-26)21-7-4-8-22(30)28(21)14-17/h1-8,17,19H,9-16H2/p+1/t17-,19+/m0/s1. The van der Waals surface area contributed by atoms with Crippen LogP contribution in [-0.4, -0.2) is 64.6 Å². The second kappa shape index (κ2) is 8.23. The first-order chi connectivity index (χ1) is 15.1. The molecule has 31 heavy (non-hydrogen) atoms. The monoisotopic (exact) mass is 419 g/mol. The van der Waals surface area contributed by atoms with Crippen molar-refractivity contribution in [3.8, 4) is 0 Å². The number of amidine groups is 1. The van der Waals surface area contributed by atoms with Crippen LogP contribution in [0.4, 0.5) is 0 Å². The number of pyridine rings is 1. The lowest BCUT2D eigenvalue weighted by Crippen LogP contribution is -2.71. The maximum atomic E-state index is 12.9. The van der Waals surface area contributed by atoms with Gasteiger partial charge in [-0.2, -0.15) is 4.90 Å². The Morgan fingerprint density at radius 2 is 1.84 bits per heavy atom. The van der Waals surface area contributed by atoms with E-state index in [1.165, 1.54) is 0 Å². The van der Waals surface area contributed by atoms with Crippen LogP contribution >= 0.6 is 0 Å². The van der Waals surface area contributed by atoms with E-state index in [1.807, 2.05) is 47.0 Å². The Morgan fingerprint density at radius 1 is 1.00 bits per heavy atom. The summed E-state index contributed by atoms with van der Waals surface area (Å²) in [7, 11) is 0. The van der Waals surface area contributed by atoms with E-state index in [-0.39, 0.29) is 36.1 Å². The Morgan fingerprint density at radius 3 is 2.68 bits per heavy atom. The molecule has 0 aliphatic carbocycles. The quantitative estimate of drug-likeness (QED) is 0.669. The third kappa shape index (κ3) is 3.97. The zero-order valence-corrected chi connectivity index (χ0v) is 17.5. The van der Waals surface area contributed by atoms with Gasteiger partial charge in [-0.05, 0) is 30.5 Å². The molecule has 4 heterocycles. The molecule has 5 rings (SSSR count). The van der Waals surface area contributed by atoms with Crippen molar-refractivity contribution in [2.45, 2.75) is 25.3 Å². The maximum Gasteiger partial charge on any atom is 0.317 e. The number of ketones is 1. The smallest absolute Gasteiger partial charge is 0.312 e. The number of nitrogens with one attached hydrogen (secondary N) is 1. The minimum Gasteiger partial charge on any atom is -0.312 e. The SMILES string of the molecule is O=C(CC(=O)N1CC[NH+]=C1c1ccccc1)CN1C[C@@H]2C[C@H](C1)c1cccc(=O)n1C2. The van der Waals surface area contributed by atoms with E-state index >= 15 is 0 Å². The number of rotatable bonds is 5. The van der Waals surface area contributed by atoms with Gasteiger partial charge < -0.3 is 4.57 Å². The number of Topliss-reactive ketones (excluding diaryl/α,β-unsaturated/α-hetero) is 1. The third-order valence-corrected chi connectivity index (χ3v) is 6.55. The van der Waals surface area contributed by atoms with Crippen molar-refractivity contribution < 1.29 is 14.6 Å². The van der Waals surface area contributed by atoms with Crippen LogP contribution in [0.3, 0.4) is 0 Å². The van der Waals surface area contributed by atoms with Gasteiger partial charge in [0.15, 0.2) is 5.78 Å². The Labute approximate surface area is 181 Å². The molecule has 2 aromatic rings. The van der Waals surface area contributed by atoms with Crippen molar-refractivity contribution in [1.29, 1.82) is 0 Å².